The quantitative estimate of drug-likeness (QED) is 0.724. The summed E-state index contributed by atoms with van der Waals surface area (Å²) in [7, 11) is 0. The van der Waals surface area contributed by atoms with Crippen molar-refractivity contribution in [3.05, 3.63) is 52.1 Å². The van der Waals surface area contributed by atoms with Crippen molar-refractivity contribution in [2.75, 3.05) is 0 Å². The van der Waals surface area contributed by atoms with E-state index in [1.54, 1.807) is 12.1 Å². The number of hydrogen-bond donors (Lipinski definition) is 2. The summed E-state index contributed by atoms with van der Waals surface area (Å²) in [4.78, 5) is 11.5. The van der Waals surface area contributed by atoms with E-state index in [0.717, 1.165) is 23.3 Å². The highest BCUT2D eigenvalue weighted by atomic mass is 16.5. The molecule has 0 saturated carbocycles. The Bertz CT molecular complexity index is 737. The van der Waals surface area contributed by atoms with Gasteiger partial charge in [-0.3, -0.25) is 0 Å². The smallest absolute Gasteiger partial charge is 0.335 e. The molecule has 0 saturated heterocycles. The molecule has 2 atom stereocenters. The normalized spacial score (nSPS) is 21.4. The number of fused-ring (bicyclic) bond motifs is 1. The molecule has 0 amide bonds. The molecule has 1 aromatic rings. The van der Waals surface area contributed by atoms with E-state index in [1.807, 2.05) is 20.8 Å². The summed E-state index contributed by atoms with van der Waals surface area (Å²) in [6.07, 6.45) is 6.12. The monoisotopic (exact) mass is 358 g/mol. The van der Waals surface area contributed by atoms with E-state index in [4.69, 9.17) is 4.74 Å². The van der Waals surface area contributed by atoms with Crippen LogP contribution in [0.1, 0.15) is 68.9 Å². The van der Waals surface area contributed by atoms with Crippen LogP contribution in [0.3, 0.4) is 0 Å². The molecule has 0 fully saturated rings. The molecule has 0 aromatic heterocycles. The number of aromatic carboxylic acids is 1. The Hall–Kier alpha value is -2.07. The van der Waals surface area contributed by atoms with Gasteiger partial charge in [0.05, 0.1) is 11.7 Å². The van der Waals surface area contributed by atoms with Gasteiger partial charge in [0.15, 0.2) is 0 Å². The second-order valence-corrected chi connectivity index (χ2v) is 7.87. The van der Waals surface area contributed by atoms with Crippen LogP contribution in [0.2, 0.25) is 0 Å². The van der Waals surface area contributed by atoms with Crippen LogP contribution in [0, 0.1) is 0 Å². The average Bonchev–Trinajstić information content (AvgIpc) is 2.53. The van der Waals surface area contributed by atoms with Crippen LogP contribution in [0.5, 0.6) is 5.75 Å². The number of benzene rings is 1. The van der Waals surface area contributed by atoms with Gasteiger partial charge in [-0.05, 0) is 77.1 Å². The standard InChI is InChI=1S/C22H30O4/c1-14(2)7-6-10-22(5)19(23)13-17-12-18(21(24)25)11-16(20(17)26-22)9-8-15(3)4/h7-8,11-12,19,23H,6,9-10,13H2,1-5H3,(H,24,25)/t19-,22+/m0/s1. The van der Waals surface area contributed by atoms with Gasteiger partial charge in [0, 0.05) is 6.42 Å². The van der Waals surface area contributed by atoms with Gasteiger partial charge in [0.2, 0.25) is 0 Å². The molecule has 1 aliphatic heterocycles. The summed E-state index contributed by atoms with van der Waals surface area (Å²) < 4.78 is 6.31. The van der Waals surface area contributed by atoms with E-state index in [0.29, 0.717) is 19.3 Å². The highest BCUT2D eigenvalue weighted by molar-refractivity contribution is 5.88. The zero-order valence-electron chi connectivity index (χ0n) is 16.4. The van der Waals surface area contributed by atoms with E-state index in [-0.39, 0.29) is 5.56 Å². The molecule has 1 aromatic carbocycles. The van der Waals surface area contributed by atoms with Crippen LogP contribution in [-0.2, 0) is 12.8 Å². The summed E-state index contributed by atoms with van der Waals surface area (Å²) in [5.74, 6) is -0.227. The maximum Gasteiger partial charge on any atom is 0.335 e. The lowest BCUT2D eigenvalue weighted by Gasteiger charge is -2.41. The topological polar surface area (TPSA) is 66.8 Å². The number of allylic oxidation sites excluding steroid dienone is 4. The number of carboxylic acid groups (broad SMARTS) is 1. The summed E-state index contributed by atoms with van der Waals surface area (Å²) in [6.45, 7) is 10.1. The number of aliphatic hydroxyl groups excluding tert-OH is 1. The molecular formula is C22H30O4. The molecule has 0 radical (unpaired) electrons. The van der Waals surface area contributed by atoms with Crippen LogP contribution in [0.25, 0.3) is 0 Å². The van der Waals surface area contributed by atoms with Gasteiger partial charge in [0.25, 0.3) is 0 Å². The maximum absolute atomic E-state index is 11.5. The molecule has 0 bridgehead atoms. The van der Waals surface area contributed by atoms with Gasteiger partial charge in [0.1, 0.15) is 11.4 Å². The second-order valence-electron chi connectivity index (χ2n) is 7.87. The molecule has 1 heterocycles. The summed E-state index contributed by atoms with van der Waals surface area (Å²) in [5, 5.41) is 20.1. The highest BCUT2D eigenvalue weighted by Gasteiger charge is 2.40. The van der Waals surface area contributed by atoms with E-state index in [2.05, 4.69) is 26.0 Å². The van der Waals surface area contributed by atoms with Crippen molar-refractivity contribution in [1.29, 1.82) is 0 Å². The van der Waals surface area contributed by atoms with Crippen molar-refractivity contribution in [3.63, 3.8) is 0 Å². The Labute approximate surface area is 156 Å². The largest absolute Gasteiger partial charge is 0.484 e. The van der Waals surface area contributed by atoms with Gasteiger partial charge in [-0.25, -0.2) is 4.79 Å². The predicted molar refractivity (Wildman–Crippen MR) is 104 cm³/mol. The minimum absolute atomic E-state index is 0.241. The Kier molecular flexibility index (Phi) is 6.30. The van der Waals surface area contributed by atoms with Crippen LogP contribution >= 0.6 is 0 Å². The lowest BCUT2D eigenvalue weighted by atomic mass is 9.84. The molecule has 4 heteroatoms. The molecule has 0 spiro atoms. The van der Waals surface area contributed by atoms with Gasteiger partial charge in [-0.2, -0.15) is 0 Å². The number of ether oxygens (including phenoxy) is 1. The third-order valence-corrected chi connectivity index (χ3v) is 4.87. The number of hydrogen-bond acceptors (Lipinski definition) is 3. The van der Waals surface area contributed by atoms with Crippen molar-refractivity contribution in [2.45, 2.75) is 72.0 Å². The number of carbonyl (C=O) groups is 1. The minimum atomic E-state index is -0.961. The zero-order valence-corrected chi connectivity index (χ0v) is 16.4. The summed E-state index contributed by atoms with van der Waals surface area (Å²) in [6, 6.07) is 3.32. The molecule has 1 aliphatic rings. The van der Waals surface area contributed by atoms with Crippen LogP contribution in [-0.4, -0.2) is 27.9 Å². The van der Waals surface area contributed by atoms with Crippen LogP contribution in [0.15, 0.2) is 35.4 Å². The Morgan fingerprint density at radius 1 is 1.23 bits per heavy atom. The average molecular weight is 358 g/mol. The van der Waals surface area contributed by atoms with E-state index >= 15 is 0 Å². The summed E-state index contributed by atoms with van der Waals surface area (Å²) >= 11 is 0. The van der Waals surface area contributed by atoms with E-state index < -0.39 is 17.7 Å². The molecule has 2 N–H and O–H groups in total. The first kappa shape index (κ1) is 20.2. The third kappa shape index (κ3) is 4.76. The second kappa shape index (κ2) is 8.09. The first-order valence-electron chi connectivity index (χ1n) is 9.15. The minimum Gasteiger partial charge on any atom is -0.484 e. The molecule has 26 heavy (non-hydrogen) atoms. The van der Waals surface area contributed by atoms with E-state index in [1.165, 1.54) is 11.1 Å². The fraction of sp³-hybridized carbons (Fsp3) is 0.500. The van der Waals surface area contributed by atoms with Gasteiger partial charge < -0.3 is 14.9 Å². The highest BCUT2D eigenvalue weighted by Crippen LogP contribution is 2.39. The van der Waals surface area contributed by atoms with Crippen LogP contribution in [0.4, 0.5) is 0 Å². The van der Waals surface area contributed by atoms with E-state index in [9.17, 15) is 15.0 Å². The molecule has 0 unspecified atom stereocenters. The van der Waals surface area contributed by atoms with Crippen molar-refractivity contribution >= 4 is 5.97 Å². The summed E-state index contributed by atoms with van der Waals surface area (Å²) in [5.41, 5.74) is 3.61. The number of rotatable bonds is 6. The van der Waals surface area contributed by atoms with Crippen molar-refractivity contribution < 1.29 is 19.7 Å². The molecular weight excluding hydrogens is 328 g/mol. The lowest BCUT2D eigenvalue weighted by molar-refractivity contribution is -0.0592. The number of carboxylic acids is 1. The van der Waals surface area contributed by atoms with Gasteiger partial charge in [-0.15, -0.1) is 0 Å². The Morgan fingerprint density at radius 2 is 1.88 bits per heavy atom. The lowest BCUT2D eigenvalue weighted by Crippen LogP contribution is -2.49. The van der Waals surface area contributed by atoms with Crippen molar-refractivity contribution in [3.8, 4) is 5.75 Å². The first-order valence-corrected chi connectivity index (χ1v) is 9.15. The predicted octanol–water partition coefficient (Wildman–Crippen LogP) is 4.69. The third-order valence-electron chi connectivity index (χ3n) is 4.87. The molecule has 2 rings (SSSR count). The fourth-order valence-corrected chi connectivity index (χ4v) is 3.22. The van der Waals surface area contributed by atoms with Crippen molar-refractivity contribution in [1.82, 2.24) is 0 Å². The SMILES string of the molecule is CC(C)=CCC[C@@]1(C)Oc2c(CC=C(C)C)cc(C(=O)O)cc2C[C@@H]1O. The van der Waals surface area contributed by atoms with Crippen molar-refractivity contribution in [2.24, 2.45) is 0 Å². The van der Waals surface area contributed by atoms with Crippen LogP contribution < -0.4 is 4.74 Å². The number of aliphatic hydroxyl groups is 1. The Morgan fingerprint density at radius 3 is 2.46 bits per heavy atom. The zero-order chi connectivity index (χ0) is 19.5. The van der Waals surface area contributed by atoms with Gasteiger partial charge >= 0.3 is 5.97 Å². The fourth-order valence-electron chi connectivity index (χ4n) is 3.22. The molecule has 0 aliphatic carbocycles. The first-order chi connectivity index (χ1) is 12.1. The van der Waals surface area contributed by atoms with Gasteiger partial charge in [-0.1, -0.05) is 23.3 Å². The maximum atomic E-state index is 11.5. The molecule has 4 nitrogen and oxygen atoms in total. The molecule has 142 valence electrons. The Balaban J connectivity index is 2.41.